The molecule has 3 aromatic carbocycles. The maximum absolute atomic E-state index is 13.4. The van der Waals surface area contributed by atoms with Gasteiger partial charge in [-0.25, -0.2) is 4.39 Å². The Hall–Kier alpha value is -2.94. The Morgan fingerprint density at radius 2 is 1.63 bits per heavy atom. The number of carbonyl (C=O) groups excluding carboxylic acids is 1. The molecule has 4 rings (SSSR count). The summed E-state index contributed by atoms with van der Waals surface area (Å²) in [5.41, 5.74) is 4.53. The van der Waals surface area contributed by atoms with E-state index >= 15 is 0 Å². The molecule has 0 bridgehead atoms. The van der Waals surface area contributed by atoms with Crippen molar-refractivity contribution >= 4 is 5.91 Å². The smallest absolute Gasteiger partial charge is 0.223 e. The quantitative estimate of drug-likeness (QED) is 0.647. The van der Waals surface area contributed by atoms with Gasteiger partial charge in [0.25, 0.3) is 0 Å². The monoisotopic (exact) mass is 359 g/mol. The fourth-order valence-corrected chi connectivity index (χ4v) is 3.88. The topological polar surface area (TPSA) is 20.3 Å². The van der Waals surface area contributed by atoms with E-state index in [-0.39, 0.29) is 17.8 Å². The average Bonchev–Trinajstić information content (AvgIpc) is 2.72. The first kappa shape index (κ1) is 17.5. The molecular weight excluding hydrogens is 337 g/mol. The molecule has 3 heteroatoms. The van der Waals surface area contributed by atoms with Crippen LogP contribution in [0.1, 0.15) is 34.7 Å². The van der Waals surface area contributed by atoms with Gasteiger partial charge in [-0.2, -0.15) is 0 Å². The third-order valence-corrected chi connectivity index (χ3v) is 5.26. The number of rotatable bonds is 4. The number of amides is 1. The molecule has 1 amide bonds. The molecule has 0 fully saturated rings. The van der Waals surface area contributed by atoms with Crippen molar-refractivity contribution in [2.75, 3.05) is 6.54 Å². The van der Waals surface area contributed by atoms with Gasteiger partial charge < -0.3 is 4.90 Å². The van der Waals surface area contributed by atoms with E-state index in [1.165, 1.54) is 23.3 Å². The number of benzene rings is 3. The lowest BCUT2D eigenvalue weighted by Crippen LogP contribution is -2.40. The molecule has 0 N–H and O–H groups in total. The molecule has 1 atom stereocenters. The van der Waals surface area contributed by atoms with E-state index in [0.717, 1.165) is 24.0 Å². The first-order valence-electron chi connectivity index (χ1n) is 9.39. The zero-order valence-electron chi connectivity index (χ0n) is 15.1. The first-order chi connectivity index (χ1) is 13.2. The van der Waals surface area contributed by atoms with Gasteiger partial charge in [0.2, 0.25) is 5.91 Å². The lowest BCUT2D eigenvalue weighted by Gasteiger charge is -2.38. The maximum atomic E-state index is 13.4. The molecule has 0 saturated carbocycles. The number of hydrogen-bond donors (Lipinski definition) is 0. The van der Waals surface area contributed by atoms with E-state index in [1.54, 1.807) is 12.1 Å². The zero-order valence-corrected chi connectivity index (χ0v) is 15.1. The number of aryl methyl sites for hydroxylation is 1. The number of halogens is 1. The standard InChI is InChI=1S/C24H22FNO/c25-21-13-11-20(12-14-21)24-22-9-5-4-8-19(22)16-17-26(24)23(27)15-10-18-6-2-1-3-7-18/h1-9,11-14,24H,10,15-17H2. The van der Waals surface area contributed by atoms with Crippen molar-refractivity contribution < 1.29 is 9.18 Å². The zero-order chi connectivity index (χ0) is 18.6. The Kier molecular flexibility index (Phi) is 5.01. The van der Waals surface area contributed by atoms with Crippen molar-refractivity contribution in [1.29, 1.82) is 0 Å². The molecule has 1 unspecified atom stereocenters. The summed E-state index contributed by atoms with van der Waals surface area (Å²) in [4.78, 5) is 15.0. The Balaban J connectivity index is 1.62. The Morgan fingerprint density at radius 3 is 2.41 bits per heavy atom. The third kappa shape index (κ3) is 3.77. The van der Waals surface area contributed by atoms with Crippen molar-refractivity contribution in [1.82, 2.24) is 4.90 Å². The van der Waals surface area contributed by atoms with Crippen LogP contribution in [0.2, 0.25) is 0 Å². The second kappa shape index (κ2) is 7.75. The van der Waals surface area contributed by atoms with Gasteiger partial charge in [-0.15, -0.1) is 0 Å². The molecule has 0 saturated heterocycles. The van der Waals surface area contributed by atoms with Gasteiger partial charge in [-0.05, 0) is 47.2 Å². The molecule has 0 radical (unpaired) electrons. The molecule has 3 aromatic rings. The van der Waals surface area contributed by atoms with E-state index < -0.39 is 0 Å². The second-order valence-electron chi connectivity index (χ2n) is 6.98. The van der Waals surface area contributed by atoms with E-state index in [4.69, 9.17) is 0 Å². The predicted molar refractivity (Wildman–Crippen MR) is 105 cm³/mol. The highest BCUT2D eigenvalue weighted by Gasteiger charge is 2.31. The summed E-state index contributed by atoms with van der Waals surface area (Å²) < 4.78 is 13.4. The van der Waals surface area contributed by atoms with Crippen LogP contribution in [0.5, 0.6) is 0 Å². The lowest BCUT2D eigenvalue weighted by atomic mass is 9.88. The SMILES string of the molecule is O=C(CCc1ccccc1)N1CCc2ccccc2C1c1ccc(F)cc1. The van der Waals surface area contributed by atoms with E-state index in [1.807, 2.05) is 35.2 Å². The second-order valence-corrected chi connectivity index (χ2v) is 6.98. The van der Waals surface area contributed by atoms with Crippen LogP contribution in [-0.2, 0) is 17.6 Å². The Morgan fingerprint density at radius 1 is 0.926 bits per heavy atom. The Labute approximate surface area is 159 Å². The number of nitrogens with zero attached hydrogens (tertiary/aromatic N) is 1. The predicted octanol–water partition coefficient (Wildman–Crippen LogP) is 4.93. The van der Waals surface area contributed by atoms with Gasteiger partial charge in [0, 0.05) is 13.0 Å². The van der Waals surface area contributed by atoms with Crippen molar-refractivity contribution in [2.24, 2.45) is 0 Å². The van der Waals surface area contributed by atoms with Crippen LogP contribution in [-0.4, -0.2) is 17.4 Å². The van der Waals surface area contributed by atoms with Crippen molar-refractivity contribution in [3.05, 3.63) is 107 Å². The lowest BCUT2D eigenvalue weighted by molar-refractivity contribution is -0.133. The van der Waals surface area contributed by atoms with E-state index in [0.29, 0.717) is 13.0 Å². The molecular formula is C24H22FNO. The third-order valence-electron chi connectivity index (χ3n) is 5.26. The summed E-state index contributed by atoms with van der Waals surface area (Å²) in [5, 5.41) is 0. The summed E-state index contributed by atoms with van der Waals surface area (Å²) in [5.74, 6) is -0.118. The van der Waals surface area contributed by atoms with Crippen molar-refractivity contribution in [2.45, 2.75) is 25.3 Å². The van der Waals surface area contributed by atoms with Gasteiger partial charge in [0.15, 0.2) is 0 Å². The van der Waals surface area contributed by atoms with Gasteiger partial charge >= 0.3 is 0 Å². The molecule has 0 aromatic heterocycles. The van der Waals surface area contributed by atoms with E-state index in [9.17, 15) is 9.18 Å². The van der Waals surface area contributed by atoms with Gasteiger partial charge in [-0.1, -0.05) is 66.7 Å². The molecule has 1 aliphatic rings. The van der Waals surface area contributed by atoms with Crippen LogP contribution in [0, 0.1) is 5.82 Å². The normalized spacial score (nSPS) is 16.0. The molecule has 1 aliphatic heterocycles. The van der Waals surface area contributed by atoms with Crippen LogP contribution in [0.4, 0.5) is 4.39 Å². The Bertz CT molecular complexity index is 921. The highest BCUT2D eigenvalue weighted by Crippen LogP contribution is 2.35. The van der Waals surface area contributed by atoms with Crippen LogP contribution in [0.15, 0.2) is 78.9 Å². The minimum Gasteiger partial charge on any atom is -0.331 e. The molecule has 1 heterocycles. The van der Waals surface area contributed by atoms with Crippen LogP contribution in [0.25, 0.3) is 0 Å². The highest BCUT2D eigenvalue weighted by atomic mass is 19.1. The fourth-order valence-electron chi connectivity index (χ4n) is 3.88. The summed E-state index contributed by atoms with van der Waals surface area (Å²) in [6.45, 7) is 0.687. The first-order valence-corrected chi connectivity index (χ1v) is 9.39. The van der Waals surface area contributed by atoms with Gasteiger partial charge in [0.05, 0.1) is 6.04 Å². The maximum Gasteiger partial charge on any atom is 0.223 e. The largest absolute Gasteiger partial charge is 0.331 e. The van der Waals surface area contributed by atoms with Crippen molar-refractivity contribution in [3.8, 4) is 0 Å². The van der Waals surface area contributed by atoms with Gasteiger partial charge in [-0.3, -0.25) is 4.79 Å². The molecule has 136 valence electrons. The summed E-state index contributed by atoms with van der Waals surface area (Å²) in [7, 11) is 0. The summed E-state index contributed by atoms with van der Waals surface area (Å²) in [6, 6.07) is 24.7. The van der Waals surface area contributed by atoms with E-state index in [2.05, 4.69) is 24.3 Å². The summed E-state index contributed by atoms with van der Waals surface area (Å²) >= 11 is 0. The molecule has 0 spiro atoms. The van der Waals surface area contributed by atoms with Crippen LogP contribution >= 0.6 is 0 Å². The summed E-state index contributed by atoms with van der Waals surface area (Å²) in [6.07, 6.45) is 2.06. The van der Waals surface area contributed by atoms with Crippen LogP contribution in [0.3, 0.4) is 0 Å². The molecule has 2 nitrogen and oxygen atoms in total. The number of fused-ring (bicyclic) bond motifs is 1. The minimum atomic E-state index is -0.259. The van der Waals surface area contributed by atoms with Crippen LogP contribution < -0.4 is 0 Å². The molecule has 27 heavy (non-hydrogen) atoms. The molecule has 0 aliphatic carbocycles. The highest BCUT2D eigenvalue weighted by molar-refractivity contribution is 5.78. The van der Waals surface area contributed by atoms with Gasteiger partial charge in [0.1, 0.15) is 5.82 Å². The minimum absolute atomic E-state index is 0.141. The fraction of sp³-hybridized carbons (Fsp3) is 0.208. The number of hydrogen-bond acceptors (Lipinski definition) is 1. The number of carbonyl (C=O) groups is 1. The van der Waals surface area contributed by atoms with Crippen molar-refractivity contribution in [3.63, 3.8) is 0 Å². The average molecular weight is 359 g/mol.